The molecular weight excluding hydrogens is 366 g/mol. The molecule has 0 bridgehead atoms. The molecule has 8 heteroatoms. The van der Waals surface area contributed by atoms with Crippen molar-refractivity contribution in [1.82, 2.24) is 30.0 Å². The SMILES string of the molecule is Cc1nc(C(=O)N(C)C)nc(N2CC[C@@H](NCc3cn(C)nc3C(C)C)C2)c1C. The zero-order valence-electron chi connectivity index (χ0n) is 18.7. The fourth-order valence-corrected chi connectivity index (χ4v) is 3.77. The van der Waals surface area contributed by atoms with Gasteiger partial charge in [-0.3, -0.25) is 9.48 Å². The molecule has 1 fully saturated rings. The number of nitrogens with one attached hydrogen (secondary N) is 1. The molecule has 3 heterocycles. The monoisotopic (exact) mass is 399 g/mol. The van der Waals surface area contributed by atoms with Crippen LogP contribution in [0.3, 0.4) is 0 Å². The van der Waals surface area contributed by atoms with Gasteiger partial charge in [-0.1, -0.05) is 13.8 Å². The van der Waals surface area contributed by atoms with Crippen LogP contribution in [0.15, 0.2) is 6.20 Å². The lowest BCUT2D eigenvalue weighted by Crippen LogP contribution is -2.33. The van der Waals surface area contributed by atoms with Crippen LogP contribution in [0.2, 0.25) is 0 Å². The lowest BCUT2D eigenvalue weighted by Gasteiger charge is -2.22. The van der Waals surface area contributed by atoms with Crippen molar-refractivity contribution >= 4 is 11.7 Å². The van der Waals surface area contributed by atoms with Crippen molar-refractivity contribution in [3.05, 3.63) is 34.5 Å². The lowest BCUT2D eigenvalue weighted by molar-refractivity contribution is 0.0815. The molecule has 1 amide bonds. The van der Waals surface area contributed by atoms with E-state index in [2.05, 4.69) is 45.3 Å². The van der Waals surface area contributed by atoms with Crippen molar-refractivity contribution in [2.45, 2.75) is 52.6 Å². The van der Waals surface area contributed by atoms with Gasteiger partial charge >= 0.3 is 0 Å². The maximum atomic E-state index is 12.3. The molecule has 158 valence electrons. The fraction of sp³-hybridized carbons (Fsp3) is 0.619. The fourth-order valence-electron chi connectivity index (χ4n) is 3.77. The van der Waals surface area contributed by atoms with Crippen molar-refractivity contribution in [1.29, 1.82) is 0 Å². The van der Waals surface area contributed by atoms with Crippen molar-refractivity contribution in [2.75, 3.05) is 32.1 Å². The molecule has 1 aliphatic rings. The molecule has 2 aromatic rings. The molecule has 3 rings (SSSR count). The zero-order valence-corrected chi connectivity index (χ0v) is 18.7. The van der Waals surface area contributed by atoms with Gasteiger partial charge in [0.15, 0.2) is 0 Å². The Balaban J connectivity index is 1.70. The summed E-state index contributed by atoms with van der Waals surface area (Å²) < 4.78 is 1.89. The number of nitrogens with zero attached hydrogens (tertiary/aromatic N) is 6. The van der Waals surface area contributed by atoms with Crippen LogP contribution in [0.5, 0.6) is 0 Å². The Hall–Kier alpha value is -2.48. The van der Waals surface area contributed by atoms with Gasteiger partial charge in [-0.2, -0.15) is 5.10 Å². The van der Waals surface area contributed by atoms with Gasteiger partial charge in [-0.15, -0.1) is 0 Å². The number of hydrogen-bond donors (Lipinski definition) is 1. The van der Waals surface area contributed by atoms with Crippen LogP contribution in [-0.4, -0.2) is 63.8 Å². The summed E-state index contributed by atoms with van der Waals surface area (Å²) in [6.07, 6.45) is 3.14. The number of rotatable bonds is 6. The molecule has 0 aliphatic carbocycles. The first-order chi connectivity index (χ1) is 13.7. The summed E-state index contributed by atoms with van der Waals surface area (Å²) >= 11 is 0. The Kier molecular flexibility index (Phi) is 6.21. The molecule has 0 radical (unpaired) electrons. The van der Waals surface area contributed by atoms with E-state index in [4.69, 9.17) is 0 Å². The topological polar surface area (TPSA) is 79.2 Å². The van der Waals surface area contributed by atoms with Gasteiger partial charge in [0.1, 0.15) is 5.82 Å². The molecule has 0 aromatic carbocycles. The first-order valence-corrected chi connectivity index (χ1v) is 10.2. The third-order valence-corrected chi connectivity index (χ3v) is 5.51. The lowest BCUT2D eigenvalue weighted by atomic mass is 10.1. The third kappa shape index (κ3) is 4.58. The minimum Gasteiger partial charge on any atom is -0.355 e. The Morgan fingerprint density at radius 2 is 2.03 bits per heavy atom. The van der Waals surface area contributed by atoms with E-state index in [1.807, 2.05) is 25.6 Å². The van der Waals surface area contributed by atoms with Crippen LogP contribution in [-0.2, 0) is 13.6 Å². The highest BCUT2D eigenvalue weighted by molar-refractivity contribution is 5.90. The van der Waals surface area contributed by atoms with E-state index in [-0.39, 0.29) is 11.7 Å². The molecule has 29 heavy (non-hydrogen) atoms. The molecule has 1 aliphatic heterocycles. The summed E-state index contributed by atoms with van der Waals surface area (Å²) in [5.41, 5.74) is 4.31. The number of amides is 1. The van der Waals surface area contributed by atoms with Crippen LogP contribution >= 0.6 is 0 Å². The summed E-state index contributed by atoms with van der Waals surface area (Å²) in [6, 6.07) is 0.373. The molecule has 1 atom stereocenters. The standard InChI is InChI=1S/C21H33N7O/c1-13(2)18-16(11-27(7)25-18)10-22-17-8-9-28(12-17)20-14(3)15(4)23-19(24-20)21(29)26(5)6/h11,13,17,22H,8-10,12H2,1-7H3/t17-/m1/s1. The van der Waals surface area contributed by atoms with E-state index in [1.54, 1.807) is 14.1 Å². The first-order valence-electron chi connectivity index (χ1n) is 10.2. The third-order valence-electron chi connectivity index (χ3n) is 5.51. The number of aromatic nitrogens is 4. The maximum Gasteiger partial charge on any atom is 0.291 e. The molecule has 2 aromatic heterocycles. The van der Waals surface area contributed by atoms with Crippen LogP contribution in [0.25, 0.3) is 0 Å². The van der Waals surface area contributed by atoms with Gasteiger partial charge < -0.3 is 15.1 Å². The summed E-state index contributed by atoms with van der Waals surface area (Å²) in [5.74, 6) is 1.38. The van der Waals surface area contributed by atoms with Crippen LogP contribution in [0.1, 0.15) is 59.3 Å². The van der Waals surface area contributed by atoms with E-state index >= 15 is 0 Å². The number of hydrogen-bond acceptors (Lipinski definition) is 6. The van der Waals surface area contributed by atoms with Gasteiger partial charge in [0.25, 0.3) is 5.91 Å². The van der Waals surface area contributed by atoms with E-state index < -0.39 is 0 Å². The predicted molar refractivity (Wildman–Crippen MR) is 114 cm³/mol. The first kappa shape index (κ1) is 21.2. The minimum atomic E-state index is -0.166. The summed E-state index contributed by atoms with van der Waals surface area (Å²) in [7, 11) is 5.42. The van der Waals surface area contributed by atoms with Gasteiger partial charge in [-0.25, -0.2) is 9.97 Å². The van der Waals surface area contributed by atoms with Crippen LogP contribution < -0.4 is 10.2 Å². The van der Waals surface area contributed by atoms with E-state index in [9.17, 15) is 4.79 Å². The molecule has 8 nitrogen and oxygen atoms in total. The second-order valence-electron chi connectivity index (χ2n) is 8.46. The van der Waals surface area contributed by atoms with Gasteiger partial charge in [0.2, 0.25) is 5.82 Å². The van der Waals surface area contributed by atoms with Gasteiger partial charge in [0.05, 0.1) is 5.69 Å². The molecule has 0 unspecified atom stereocenters. The Labute approximate surface area is 173 Å². The van der Waals surface area contributed by atoms with Gasteiger partial charge in [-0.05, 0) is 26.2 Å². The number of aryl methyl sites for hydroxylation is 2. The average Bonchev–Trinajstić information content (AvgIpc) is 3.27. The molecule has 0 spiro atoms. The number of carbonyl (C=O) groups excluding carboxylic acids is 1. The number of anilines is 1. The molecule has 0 saturated carbocycles. The van der Waals surface area contributed by atoms with Crippen molar-refractivity contribution < 1.29 is 4.79 Å². The second kappa shape index (κ2) is 8.49. The minimum absolute atomic E-state index is 0.166. The maximum absolute atomic E-state index is 12.3. The predicted octanol–water partition coefficient (Wildman–Crippen LogP) is 2.02. The summed E-state index contributed by atoms with van der Waals surface area (Å²) in [5, 5.41) is 8.28. The van der Waals surface area contributed by atoms with Crippen LogP contribution in [0, 0.1) is 13.8 Å². The van der Waals surface area contributed by atoms with Crippen LogP contribution in [0.4, 0.5) is 5.82 Å². The molecule has 1 N–H and O–H groups in total. The molecule has 1 saturated heterocycles. The van der Waals surface area contributed by atoms with E-state index in [0.29, 0.717) is 12.0 Å². The second-order valence-corrected chi connectivity index (χ2v) is 8.46. The van der Waals surface area contributed by atoms with E-state index in [0.717, 1.165) is 48.8 Å². The van der Waals surface area contributed by atoms with Crippen molar-refractivity contribution in [3.8, 4) is 0 Å². The zero-order chi connectivity index (χ0) is 21.3. The van der Waals surface area contributed by atoms with Gasteiger partial charge in [0, 0.05) is 69.8 Å². The Bertz CT molecular complexity index is 887. The van der Waals surface area contributed by atoms with Crippen molar-refractivity contribution in [3.63, 3.8) is 0 Å². The van der Waals surface area contributed by atoms with E-state index in [1.165, 1.54) is 10.5 Å². The highest BCUT2D eigenvalue weighted by Crippen LogP contribution is 2.25. The average molecular weight is 400 g/mol. The quantitative estimate of drug-likeness (QED) is 0.801. The normalized spacial score (nSPS) is 16.7. The highest BCUT2D eigenvalue weighted by atomic mass is 16.2. The largest absolute Gasteiger partial charge is 0.355 e. The Morgan fingerprint density at radius 3 is 2.69 bits per heavy atom. The highest BCUT2D eigenvalue weighted by Gasteiger charge is 2.27. The number of carbonyl (C=O) groups is 1. The smallest absolute Gasteiger partial charge is 0.291 e. The summed E-state index contributed by atoms with van der Waals surface area (Å²) in [4.78, 5) is 25.1. The Morgan fingerprint density at radius 1 is 1.31 bits per heavy atom. The molecular formula is C21H33N7O. The summed E-state index contributed by atoms with van der Waals surface area (Å²) in [6.45, 7) is 10.9. The van der Waals surface area contributed by atoms with Crippen molar-refractivity contribution in [2.24, 2.45) is 7.05 Å².